The molecule has 130 valence electrons. The van der Waals surface area contributed by atoms with Gasteiger partial charge in [-0.2, -0.15) is 9.61 Å². The summed E-state index contributed by atoms with van der Waals surface area (Å²) in [5.41, 5.74) is 0.859. The summed E-state index contributed by atoms with van der Waals surface area (Å²) < 4.78 is 1.43. The van der Waals surface area contributed by atoms with E-state index in [1.165, 1.54) is 60.8 Å². The van der Waals surface area contributed by atoms with Gasteiger partial charge >= 0.3 is 0 Å². The summed E-state index contributed by atoms with van der Waals surface area (Å²) in [6.07, 6.45) is 9.23. The van der Waals surface area contributed by atoms with Crippen LogP contribution in [0.1, 0.15) is 62.6 Å². The molecule has 2 fully saturated rings. The van der Waals surface area contributed by atoms with Crippen LogP contribution in [0.5, 0.6) is 0 Å². The summed E-state index contributed by atoms with van der Waals surface area (Å²) in [5.74, 6) is 0.918. The molecule has 2 saturated carbocycles. The van der Waals surface area contributed by atoms with Gasteiger partial charge < -0.3 is 0 Å². The zero-order valence-corrected chi connectivity index (χ0v) is 15.4. The van der Waals surface area contributed by atoms with Gasteiger partial charge in [0.25, 0.3) is 5.56 Å². The Morgan fingerprint density at radius 3 is 2.50 bits per heavy atom. The number of hydrogen-bond donors (Lipinski definition) is 0. The lowest BCUT2D eigenvalue weighted by Crippen LogP contribution is -2.39. The van der Waals surface area contributed by atoms with Crippen molar-refractivity contribution < 1.29 is 0 Å². The van der Waals surface area contributed by atoms with Crippen molar-refractivity contribution in [3.63, 3.8) is 0 Å². The Bertz CT molecular complexity index is 771. The first kappa shape index (κ1) is 16.2. The molecule has 0 aromatic carbocycles. The van der Waals surface area contributed by atoms with Crippen LogP contribution in [0.2, 0.25) is 0 Å². The Balaban J connectivity index is 1.54. The van der Waals surface area contributed by atoms with E-state index in [-0.39, 0.29) is 5.56 Å². The van der Waals surface area contributed by atoms with Gasteiger partial charge in [0.15, 0.2) is 0 Å². The van der Waals surface area contributed by atoms with Crippen LogP contribution in [0.3, 0.4) is 0 Å². The minimum Gasteiger partial charge on any atom is -0.292 e. The van der Waals surface area contributed by atoms with Crippen LogP contribution in [0.25, 0.3) is 4.96 Å². The monoisotopic (exact) mass is 346 g/mol. The molecule has 4 rings (SSSR count). The van der Waals surface area contributed by atoms with E-state index >= 15 is 0 Å². The van der Waals surface area contributed by atoms with E-state index in [9.17, 15) is 4.79 Å². The first-order valence-electron chi connectivity index (χ1n) is 9.26. The van der Waals surface area contributed by atoms with Crippen molar-refractivity contribution in [1.29, 1.82) is 0 Å². The molecule has 0 bridgehead atoms. The van der Waals surface area contributed by atoms with Gasteiger partial charge in [-0.1, -0.05) is 24.7 Å². The van der Waals surface area contributed by atoms with Gasteiger partial charge in [0.05, 0.1) is 5.69 Å². The second-order valence-corrected chi connectivity index (χ2v) is 8.55. The molecule has 2 aliphatic rings. The molecule has 2 aromatic heterocycles. The fourth-order valence-corrected chi connectivity index (χ4v) is 4.83. The van der Waals surface area contributed by atoms with Gasteiger partial charge in [-0.05, 0) is 51.4 Å². The quantitative estimate of drug-likeness (QED) is 0.833. The summed E-state index contributed by atoms with van der Waals surface area (Å²) in [6.45, 7) is 5.04. The van der Waals surface area contributed by atoms with Gasteiger partial charge in [0.2, 0.25) is 4.96 Å². The van der Waals surface area contributed by atoms with Crippen LogP contribution < -0.4 is 5.56 Å². The summed E-state index contributed by atoms with van der Waals surface area (Å²) in [5, 5.41) is 5.12. The number of fused-ring (bicyclic) bond motifs is 1. The van der Waals surface area contributed by atoms with Crippen molar-refractivity contribution in [3.05, 3.63) is 27.1 Å². The van der Waals surface area contributed by atoms with Crippen molar-refractivity contribution in [1.82, 2.24) is 19.5 Å². The molecule has 2 heterocycles. The minimum atomic E-state index is -0.0511. The molecular formula is C18H26N4OS. The van der Waals surface area contributed by atoms with Crippen molar-refractivity contribution in [2.75, 3.05) is 0 Å². The number of nitrogens with zero attached hydrogens (tertiary/aromatic N) is 4. The van der Waals surface area contributed by atoms with Crippen LogP contribution in [0, 0.1) is 12.8 Å². The third-order valence-electron chi connectivity index (χ3n) is 5.62. The van der Waals surface area contributed by atoms with Gasteiger partial charge in [-0.25, -0.2) is 4.98 Å². The smallest absolute Gasteiger partial charge is 0.275 e. The highest BCUT2D eigenvalue weighted by Gasteiger charge is 2.35. The zero-order chi connectivity index (χ0) is 16.7. The van der Waals surface area contributed by atoms with Crippen molar-refractivity contribution >= 4 is 16.3 Å². The van der Waals surface area contributed by atoms with Gasteiger partial charge in [-0.15, -0.1) is 0 Å². The molecule has 0 spiro atoms. The Kier molecular flexibility index (Phi) is 4.43. The van der Waals surface area contributed by atoms with E-state index in [0.29, 0.717) is 12.1 Å². The van der Waals surface area contributed by atoms with E-state index in [0.717, 1.165) is 28.1 Å². The molecule has 2 aliphatic carbocycles. The second-order valence-electron chi connectivity index (χ2n) is 7.39. The molecule has 0 saturated heterocycles. The van der Waals surface area contributed by atoms with Crippen LogP contribution in [-0.2, 0) is 6.54 Å². The Hall–Kier alpha value is -1.27. The number of aryl methyl sites for hydroxylation is 1. The lowest BCUT2D eigenvalue weighted by Gasteiger charge is -2.36. The first-order chi connectivity index (χ1) is 11.6. The third kappa shape index (κ3) is 3.26. The largest absolute Gasteiger partial charge is 0.292 e. The molecule has 0 radical (unpaired) electrons. The standard InChI is InChI=1S/C18H26N4OS/c1-3-13-4-6-15(7-5-13)21(16-8-9-16)11-14-10-17(23)22-18(19-14)24-12(2)20-22/h10,13,15-16H,3-9,11H2,1-2H3. The van der Waals surface area contributed by atoms with Gasteiger partial charge in [-0.3, -0.25) is 9.69 Å². The number of hydrogen-bond acceptors (Lipinski definition) is 5. The van der Waals surface area contributed by atoms with E-state index in [1.807, 2.05) is 6.92 Å². The van der Waals surface area contributed by atoms with E-state index in [1.54, 1.807) is 6.07 Å². The molecule has 24 heavy (non-hydrogen) atoms. The molecule has 0 amide bonds. The maximum atomic E-state index is 12.3. The molecular weight excluding hydrogens is 320 g/mol. The van der Waals surface area contributed by atoms with Crippen LogP contribution in [-0.4, -0.2) is 31.6 Å². The van der Waals surface area contributed by atoms with Crippen molar-refractivity contribution in [2.24, 2.45) is 5.92 Å². The lowest BCUT2D eigenvalue weighted by atomic mass is 9.84. The third-order valence-corrected chi connectivity index (χ3v) is 6.45. The maximum absolute atomic E-state index is 12.3. The Morgan fingerprint density at radius 2 is 1.88 bits per heavy atom. The molecule has 6 heteroatoms. The van der Waals surface area contributed by atoms with Crippen LogP contribution in [0.15, 0.2) is 10.9 Å². The van der Waals surface area contributed by atoms with E-state index < -0.39 is 0 Å². The van der Waals surface area contributed by atoms with E-state index in [4.69, 9.17) is 4.98 Å². The van der Waals surface area contributed by atoms with Crippen molar-refractivity contribution in [3.8, 4) is 0 Å². The Labute approximate surface area is 146 Å². The normalized spacial score (nSPS) is 24.8. The van der Waals surface area contributed by atoms with Crippen LogP contribution in [0.4, 0.5) is 0 Å². The fraction of sp³-hybridized carbons (Fsp3) is 0.722. The average molecular weight is 347 g/mol. The lowest BCUT2D eigenvalue weighted by molar-refractivity contribution is 0.118. The average Bonchev–Trinajstić information content (AvgIpc) is 3.34. The van der Waals surface area contributed by atoms with Crippen molar-refractivity contribution in [2.45, 2.75) is 77.4 Å². The highest BCUT2D eigenvalue weighted by Crippen LogP contribution is 2.36. The number of aromatic nitrogens is 3. The second kappa shape index (κ2) is 6.56. The molecule has 2 aromatic rings. The van der Waals surface area contributed by atoms with Crippen LogP contribution >= 0.6 is 11.3 Å². The topological polar surface area (TPSA) is 50.5 Å². The molecule has 0 unspecified atom stereocenters. The highest BCUT2D eigenvalue weighted by atomic mass is 32.1. The first-order valence-corrected chi connectivity index (χ1v) is 10.1. The van der Waals surface area contributed by atoms with Gasteiger partial charge in [0.1, 0.15) is 5.01 Å². The summed E-state index contributed by atoms with van der Waals surface area (Å²) in [6, 6.07) is 3.06. The minimum absolute atomic E-state index is 0.0511. The molecule has 5 nitrogen and oxygen atoms in total. The summed E-state index contributed by atoms with van der Waals surface area (Å²) in [7, 11) is 0. The predicted molar refractivity (Wildman–Crippen MR) is 96.5 cm³/mol. The molecule has 0 N–H and O–H groups in total. The SMILES string of the molecule is CCC1CCC(N(Cc2cc(=O)n3nc(C)sc3n2)C2CC2)CC1. The zero-order valence-electron chi connectivity index (χ0n) is 14.6. The van der Waals surface area contributed by atoms with E-state index in [2.05, 4.69) is 16.9 Å². The molecule has 0 atom stereocenters. The predicted octanol–water partition coefficient (Wildman–Crippen LogP) is 3.39. The van der Waals surface area contributed by atoms with Gasteiger partial charge in [0, 0.05) is 24.7 Å². The Morgan fingerprint density at radius 1 is 1.21 bits per heavy atom. The highest BCUT2D eigenvalue weighted by molar-refractivity contribution is 7.16. The maximum Gasteiger partial charge on any atom is 0.275 e. The summed E-state index contributed by atoms with van der Waals surface area (Å²) in [4.78, 5) is 20.4. The summed E-state index contributed by atoms with van der Waals surface area (Å²) >= 11 is 1.49. The fourth-order valence-electron chi connectivity index (χ4n) is 4.07. The molecule has 0 aliphatic heterocycles. The number of rotatable bonds is 5.